The fraction of sp³-hybridized carbons (Fsp3) is 0.812. The first-order valence-electron chi connectivity index (χ1n) is 8.53. The van der Waals surface area contributed by atoms with Crippen LogP contribution in [0.5, 0.6) is 0 Å². The molecule has 0 spiro atoms. The number of nitrogens with one attached hydrogen (secondary N) is 2. The monoisotopic (exact) mass is 321 g/mol. The van der Waals surface area contributed by atoms with Gasteiger partial charge in [-0.15, -0.1) is 0 Å². The number of aromatic nitrogens is 3. The summed E-state index contributed by atoms with van der Waals surface area (Å²) in [4.78, 5) is 19.1. The van der Waals surface area contributed by atoms with E-state index in [-0.39, 0.29) is 23.4 Å². The third-order valence-electron chi connectivity index (χ3n) is 4.68. The molecule has 0 aliphatic carbocycles. The van der Waals surface area contributed by atoms with Crippen molar-refractivity contribution >= 4 is 6.03 Å². The molecule has 2 saturated heterocycles. The van der Waals surface area contributed by atoms with Gasteiger partial charge in [-0.3, -0.25) is 5.10 Å². The van der Waals surface area contributed by atoms with Gasteiger partial charge in [0.1, 0.15) is 5.82 Å². The van der Waals surface area contributed by atoms with Crippen LogP contribution in [-0.2, 0) is 4.74 Å². The van der Waals surface area contributed by atoms with Gasteiger partial charge in [-0.2, -0.15) is 5.10 Å². The number of amides is 2. The van der Waals surface area contributed by atoms with Crippen molar-refractivity contribution in [2.45, 2.75) is 52.0 Å². The van der Waals surface area contributed by atoms with Gasteiger partial charge in [0.15, 0.2) is 5.82 Å². The van der Waals surface area contributed by atoms with Crippen molar-refractivity contribution in [1.29, 1.82) is 0 Å². The Hall–Kier alpha value is -1.63. The minimum atomic E-state index is -0.00896. The van der Waals surface area contributed by atoms with Gasteiger partial charge in [-0.05, 0) is 19.3 Å². The molecule has 2 N–H and O–H groups in total. The van der Waals surface area contributed by atoms with Crippen LogP contribution in [0.15, 0.2) is 0 Å². The molecule has 3 rings (SSSR count). The highest BCUT2D eigenvalue weighted by atomic mass is 16.5. The van der Waals surface area contributed by atoms with E-state index in [0.717, 1.165) is 50.7 Å². The van der Waals surface area contributed by atoms with Gasteiger partial charge < -0.3 is 15.0 Å². The molecule has 0 bridgehead atoms. The van der Waals surface area contributed by atoms with Crippen molar-refractivity contribution < 1.29 is 9.53 Å². The number of rotatable bonds is 4. The summed E-state index contributed by atoms with van der Waals surface area (Å²) in [6, 6.07) is -0.0143. The summed E-state index contributed by atoms with van der Waals surface area (Å²) >= 11 is 0. The molecule has 1 aromatic heterocycles. The molecule has 0 saturated carbocycles. The summed E-state index contributed by atoms with van der Waals surface area (Å²) < 4.78 is 5.24. The van der Waals surface area contributed by atoms with Gasteiger partial charge in [0.05, 0.1) is 19.3 Å². The molecule has 0 aromatic carbocycles. The summed E-state index contributed by atoms with van der Waals surface area (Å²) in [6.45, 7) is 9.13. The number of likely N-dealkylation sites (tertiary alicyclic amines) is 1. The van der Waals surface area contributed by atoms with Gasteiger partial charge in [0, 0.05) is 24.4 Å². The summed E-state index contributed by atoms with van der Waals surface area (Å²) in [5.41, 5.74) is 0.0813. The van der Waals surface area contributed by atoms with Crippen LogP contribution in [0.25, 0.3) is 0 Å². The number of H-pyrrole nitrogens is 1. The zero-order valence-corrected chi connectivity index (χ0v) is 14.3. The fourth-order valence-electron chi connectivity index (χ4n) is 3.10. The van der Waals surface area contributed by atoms with Crippen LogP contribution in [0.2, 0.25) is 0 Å². The Balaban J connectivity index is 1.66. The first-order valence-corrected chi connectivity index (χ1v) is 8.53. The quantitative estimate of drug-likeness (QED) is 0.890. The Morgan fingerprint density at radius 1 is 1.48 bits per heavy atom. The van der Waals surface area contributed by atoms with Crippen molar-refractivity contribution in [2.24, 2.45) is 5.41 Å². The van der Waals surface area contributed by atoms with E-state index in [9.17, 15) is 4.79 Å². The van der Waals surface area contributed by atoms with E-state index in [1.54, 1.807) is 0 Å². The van der Waals surface area contributed by atoms with E-state index in [2.05, 4.69) is 41.3 Å². The molecule has 2 aliphatic heterocycles. The fourth-order valence-corrected chi connectivity index (χ4v) is 3.10. The molecule has 23 heavy (non-hydrogen) atoms. The number of carbonyl (C=O) groups is 1. The van der Waals surface area contributed by atoms with Gasteiger partial charge in [-0.1, -0.05) is 20.8 Å². The molecule has 1 aromatic rings. The van der Waals surface area contributed by atoms with E-state index in [1.807, 2.05) is 4.90 Å². The van der Waals surface area contributed by atoms with Gasteiger partial charge >= 0.3 is 6.03 Å². The number of nitrogens with zero attached hydrogens (tertiary/aromatic N) is 3. The Labute approximate surface area is 137 Å². The number of hydrogen-bond donors (Lipinski definition) is 2. The smallest absolute Gasteiger partial charge is 0.318 e. The van der Waals surface area contributed by atoms with Crippen LogP contribution in [0.4, 0.5) is 4.79 Å². The van der Waals surface area contributed by atoms with Crippen molar-refractivity contribution in [3.05, 3.63) is 11.6 Å². The largest absolute Gasteiger partial charge is 0.380 e. The van der Waals surface area contributed by atoms with E-state index in [0.29, 0.717) is 6.54 Å². The minimum Gasteiger partial charge on any atom is -0.380 e. The van der Waals surface area contributed by atoms with Crippen molar-refractivity contribution in [2.75, 3.05) is 26.3 Å². The third kappa shape index (κ3) is 3.49. The van der Waals surface area contributed by atoms with Crippen molar-refractivity contribution in [1.82, 2.24) is 25.4 Å². The van der Waals surface area contributed by atoms with E-state index >= 15 is 0 Å². The molecule has 0 radical (unpaired) electrons. The highest BCUT2D eigenvalue weighted by molar-refractivity contribution is 5.74. The standard InChI is InChI=1S/C16H27N5O2/c1-11(2)13-18-14(20-19-13)12-6-4-5-7-21(12)15(22)17-8-16(3)9-23-10-16/h11-12H,4-10H2,1-3H3,(H,17,22)(H,18,19,20). The normalized spacial score (nSPS) is 23.7. The number of urea groups is 1. The average molecular weight is 321 g/mol. The topological polar surface area (TPSA) is 83.1 Å². The van der Waals surface area contributed by atoms with Crippen LogP contribution >= 0.6 is 0 Å². The summed E-state index contributed by atoms with van der Waals surface area (Å²) in [5, 5.41) is 10.4. The molecule has 2 aliphatic rings. The van der Waals surface area contributed by atoms with Crippen LogP contribution < -0.4 is 5.32 Å². The van der Waals surface area contributed by atoms with E-state index in [4.69, 9.17) is 4.74 Å². The first kappa shape index (κ1) is 16.2. The summed E-state index contributed by atoms with van der Waals surface area (Å²) in [5.74, 6) is 1.90. The molecule has 1 atom stereocenters. The molecule has 128 valence electrons. The minimum absolute atomic E-state index is 0.00537. The maximum absolute atomic E-state index is 12.6. The van der Waals surface area contributed by atoms with E-state index in [1.165, 1.54) is 0 Å². The zero-order chi connectivity index (χ0) is 16.4. The molecule has 2 amide bonds. The predicted molar refractivity (Wildman–Crippen MR) is 86.1 cm³/mol. The van der Waals surface area contributed by atoms with Gasteiger partial charge in [-0.25, -0.2) is 9.78 Å². The molecule has 1 unspecified atom stereocenters. The highest BCUT2D eigenvalue weighted by Crippen LogP contribution is 2.30. The van der Waals surface area contributed by atoms with Crippen LogP contribution in [-0.4, -0.2) is 52.4 Å². The Morgan fingerprint density at radius 2 is 2.26 bits per heavy atom. The molecular formula is C16H27N5O2. The Morgan fingerprint density at radius 3 is 2.87 bits per heavy atom. The lowest BCUT2D eigenvalue weighted by atomic mass is 9.89. The number of hydrogen-bond acceptors (Lipinski definition) is 4. The Kier molecular flexibility index (Phi) is 4.57. The SMILES string of the molecule is CC(C)c1n[nH]c(C2CCCCN2C(=O)NCC2(C)COC2)n1. The zero-order valence-electron chi connectivity index (χ0n) is 14.3. The summed E-state index contributed by atoms with van der Waals surface area (Å²) in [6.07, 6.45) is 3.08. The maximum atomic E-state index is 12.6. The van der Waals surface area contributed by atoms with Crippen LogP contribution in [0.3, 0.4) is 0 Å². The Bertz CT molecular complexity index is 552. The molecule has 7 heteroatoms. The van der Waals surface area contributed by atoms with Gasteiger partial charge in [0.25, 0.3) is 0 Å². The first-order chi connectivity index (χ1) is 11.0. The third-order valence-corrected chi connectivity index (χ3v) is 4.68. The van der Waals surface area contributed by atoms with Crippen molar-refractivity contribution in [3.8, 4) is 0 Å². The van der Waals surface area contributed by atoms with Crippen LogP contribution in [0.1, 0.15) is 63.6 Å². The lowest BCUT2D eigenvalue weighted by Crippen LogP contribution is -2.52. The lowest BCUT2D eigenvalue weighted by molar-refractivity contribution is -0.0980. The number of carbonyl (C=O) groups excluding carboxylic acids is 1. The second-order valence-corrected chi connectivity index (χ2v) is 7.40. The van der Waals surface area contributed by atoms with Crippen molar-refractivity contribution in [3.63, 3.8) is 0 Å². The molecule has 3 heterocycles. The number of ether oxygens (including phenoxy) is 1. The van der Waals surface area contributed by atoms with Gasteiger partial charge in [0.2, 0.25) is 0 Å². The second kappa shape index (κ2) is 6.47. The lowest BCUT2D eigenvalue weighted by Gasteiger charge is -2.40. The molecule has 2 fully saturated rings. The average Bonchev–Trinajstić information content (AvgIpc) is 3.01. The molecular weight excluding hydrogens is 294 g/mol. The summed E-state index contributed by atoms with van der Waals surface area (Å²) in [7, 11) is 0. The van der Waals surface area contributed by atoms with Crippen LogP contribution in [0, 0.1) is 5.41 Å². The number of piperidine rings is 1. The second-order valence-electron chi connectivity index (χ2n) is 7.40. The molecule has 7 nitrogen and oxygen atoms in total. The maximum Gasteiger partial charge on any atom is 0.318 e. The predicted octanol–water partition coefficient (Wildman–Crippen LogP) is 2.20. The number of aromatic amines is 1. The van der Waals surface area contributed by atoms with E-state index < -0.39 is 0 Å². The highest BCUT2D eigenvalue weighted by Gasteiger charge is 2.36.